The summed E-state index contributed by atoms with van der Waals surface area (Å²) in [6, 6.07) is 3.87. The van der Waals surface area contributed by atoms with E-state index in [0.717, 1.165) is 11.0 Å². The van der Waals surface area contributed by atoms with Crippen molar-refractivity contribution in [3.8, 4) is 5.88 Å². The number of alkyl halides is 1. The first-order valence-electron chi connectivity index (χ1n) is 3.34. The third kappa shape index (κ3) is 1.93. The molecule has 2 nitrogen and oxygen atoms in total. The topological polar surface area (TPSA) is 22.1 Å². The van der Waals surface area contributed by atoms with Gasteiger partial charge in [0.15, 0.2) is 0 Å². The minimum absolute atomic E-state index is 0.673. The molecule has 0 bridgehead atoms. The standard InChI is InChI=1S/C8H10BrNO/c1-6-7(5-9)3-4-8(10-6)11-2/h3-4H,5H2,1-2H3. The highest BCUT2D eigenvalue weighted by atomic mass is 79.9. The molecule has 1 aromatic heterocycles. The van der Waals surface area contributed by atoms with Crippen LogP contribution in [0.4, 0.5) is 0 Å². The number of ether oxygens (including phenoxy) is 1. The molecule has 0 aliphatic rings. The highest BCUT2D eigenvalue weighted by Crippen LogP contribution is 2.13. The molecule has 1 rings (SSSR count). The van der Waals surface area contributed by atoms with Crippen molar-refractivity contribution in [1.82, 2.24) is 4.98 Å². The van der Waals surface area contributed by atoms with E-state index in [0.29, 0.717) is 5.88 Å². The van der Waals surface area contributed by atoms with E-state index in [1.807, 2.05) is 19.1 Å². The van der Waals surface area contributed by atoms with Gasteiger partial charge in [-0.05, 0) is 12.5 Å². The Morgan fingerprint density at radius 2 is 2.27 bits per heavy atom. The molecule has 0 radical (unpaired) electrons. The highest BCUT2D eigenvalue weighted by Gasteiger charge is 1.98. The molecule has 0 saturated carbocycles. The first kappa shape index (κ1) is 8.53. The maximum absolute atomic E-state index is 4.97. The molecule has 0 atom stereocenters. The molecule has 0 aliphatic heterocycles. The number of hydrogen-bond acceptors (Lipinski definition) is 2. The van der Waals surface area contributed by atoms with Crippen LogP contribution in [0.2, 0.25) is 0 Å². The molecule has 11 heavy (non-hydrogen) atoms. The number of methoxy groups -OCH3 is 1. The van der Waals surface area contributed by atoms with Crippen molar-refractivity contribution in [2.45, 2.75) is 12.3 Å². The van der Waals surface area contributed by atoms with E-state index in [1.54, 1.807) is 7.11 Å². The van der Waals surface area contributed by atoms with E-state index in [4.69, 9.17) is 4.74 Å². The Balaban J connectivity index is 2.99. The molecule has 1 heterocycles. The van der Waals surface area contributed by atoms with Crippen LogP contribution >= 0.6 is 15.9 Å². The normalized spacial score (nSPS) is 9.73. The van der Waals surface area contributed by atoms with E-state index in [-0.39, 0.29) is 0 Å². The second kappa shape index (κ2) is 3.72. The first-order valence-corrected chi connectivity index (χ1v) is 4.46. The third-order valence-electron chi connectivity index (χ3n) is 1.52. The fourth-order valence-corrected chi connectivity index (χ4v) is 1.41. The van der Waals surface area contributed by atoms with Gasteiger partial charge in [0.1, 0.15) is 0 Å². The Labute approximate surface area is 74.7 Å². The van der Waals surface area contributed by atoms with Gasteiger partial charge in [0.05, 0.1) is 7.11 Å². The Kier molecular flexibility index (Phi) is 2.88. The second-order valence-electron chi connectivity index (χ2n) is 2.23. The Morgan fingerprint density at radius 3 is 2.73 bits per heavy atom. The lowest BCUT2D eigenvalue weighted by Crippen LogP contribution is -1.92. The summed E-state index contributed by atoms with van der Waals surface area (Å²) in [5, 5.41) is 0.843. The van der Waals surface area contributed by atoms with Gasteiger partial charge in [0.25, 0.3) is 0 Å². The summed E-state index contributed by atoms with van der Waals surface area (Å²) < 4.78 is 4.97. The van der Waals surface area contributed by atoms with Crippen molar-refractivity contribution in [2.75, 3.05) is 7.11 Å². The molecule has 0 amide bonds. The van der Waals surface area contributed by atoms with Gasteiger partial charge in [-0.25, -0.2) is 4.98 Å². The van der Waals surface area contributed by atoms with Crippen molar-refractivity contribution in [3.05, 3.63) is 23.4 Å². The molecule has 0 N–H and O–H groups in total. The number of pyridine rings is 1. The Bertz CT molecular complexity index is 250. The van der Waals surface area contributed by atoms with Crippen LogP contribution in [0.3, 0.4) is 0 Å². The van der Waals surface area contributed by atoms with Gasteiger partial charge in [-0.1, -0.05) is 22.0 Å². The van der Waals surface area contributed by atoms with Gasteiger partial charge < -0.3 is 4.74 Å². The molecule has 0 unspecified atom stereocenters. The lowest BCUT2D eigenvalue weighted by atomic mass is 10.2. The maximum atomic E-state index is 4.97. The monoisotopic (exact) mass is 215 g/mol. The summed E-state index contributed by atoms with van der Waals surface area (Å²) in [5.41, 5.74) is 2.21. The van der Waals surface area contributed by atoms with E-state index in [2.05, 4.69) is 20.9 Å². The van der Waals surface area contributed by atoms with Gasteiger partial charge in [0, 0.05) is 17.1 Å². The van der Waals surface area contributed by atoms with Crippen LogP contribution in [0.1, 0.15) is 11.3 Å². The third-order valence-corrected chi connectivity index (χ3v) is 2.13. The molecule has 3 heteroatoms. The zero-order valence-electron chi connectivity index (χ0n) is 6.60. The predicted molar refractivity (Wildman–Crippen MR) is 48.2 cm³/mol. The van der Waals surface area contributed by atoms with Crippen molar-refractivity contribution in [3.63, 3.8) is 0 Å². The largest absolute Gasteiger partial charge is 0.481 e. The summed E-state index contributed by atoms with van der Waals surface area (Å²) in [4.78, 5) is 4.21. The average Bonchev–Trinajstić information content (AvgIpc) is 2.04. The van der Waals surface area contributed by atoms with Crippen molar-refractivity contribution >= 4 is 15.9 Å². The predicted octanol–water partition coefficient (Wildman–Crippen LogP) is 2.29. The maximum Gasteiger partial charge on any atom is 0.213 e. The Hall–Kier alpha value is -0.570. The zero-order chi connectivity index (χ0) is 8.27. The zero-order valence-corrected chi connectivity index (χ0v) is 8.18. The lowest BCUT2D eigenvalue weighted by Gasteiger charge is -2.02. The molecular formula is C8H10BrNO. The van der Waals surface area contributed by atoms with Crippen molar-refractivity contribution in [2.24, 2.45) is 0 Å². The quantitative estimate of drug-likeness (QED) is 0.707. The van der Waals surface area contributed by atoms with Crippen LogP contribution in [0.5, 0.6) is 5.88 Å². The van der Waals surface area contributed by atoms with E-state index in [1.165, 1.54) is 5.56 Å². The number of aromatic nitrogens is 1. The molecule has 1 aromatic rings. The summed E-state index contributed by atoms with van der Waals surface area (Å²) in [5.74, 6) is 0.673. The van der Waals surface area contributed by atoms with Crippen LogP contribution in [-0.4, -0.2) is 12.1 Å². The second-order valence-corrected chi connectivity index (χ2v) is 2.79. The molecule has 0 spiro atoms. The summed E-state index contributed by atoms with van der Waals surface area (Å²) in [6.45, 7) is 1.97. The molecule has 0 saturated heterocycles. The number of hydrogen-bond donors (Lipinski definition) is 0. The molecule has 0 aliphatic carbocycles. The van der Waals surface area contributed by atoms with E-state index < -0.39 is 0 Å². The molecule has 0 aromatic carbocycles. The van der Waals surface area contributed by atoms with Crippen LogP contribution < -0.4 is 4.74 Å². The minimum atomic E-state index is 0.673. The summed E-state index contributed by atoms with van der Waals surface area (Å²) in [6.07, 6.45) is 0. The number of nitrogens with zero attached hydrogens (tertiary/aromatic N) is 1. The minimum Gasteiger partial charge on any atom is -0.481 e. The average molecular weight is 216 g/mol. The molecule has 60 valence electrons. The SMILES string of the molecule is COc1ccc(CBr)c(C)n1. The molecule has 0 fully saturated rings. The van der Waals surface area contributed by atoms with Gasteiger partial charge in [-0.15, -0.1) is 0 Å². The number of aryl methyl sites for hydroxylation is 1. The first-order chi connectivity index (χ1) is 5.27. The number of rotatable bonds is 2. The summed E-state index contributed by atoms with van der Waals surface area (Å²) >= 11 is 3.37. The van der Waals surface area contributed by atoms with Crippen LogP contribution in [0.25, 0.3) is 0 Å². The number of halogens is 1. The van der Waals surface area contributed by atoms with Crippen LogP contribution in [-0.2, 0) is 5.33 Å². The fraction of sp³-hybridized carbons (Fsp3) is 0.375. The van der Waals surface area contributed by atoms with Gasteiger partial charge >= 0.3 is 0 Å². The highest BCUT2D eigenvalue weighted by molar-refractivity contribution is 9.08. The van der Waals surface area contributed by atoms with E-state index >= 15 is 0 Å². The van der Waals surface area contributed by atoms with Crippen molar-refractivity contribution in [1.29, 1.82) is 0 Å². The fourth-order valence-electron chi connectivity index (χ4n) is 0.822. The van der Waals surface area contributed by atoms with Crippen LogP contribution in [0.15, 0.2) is 12.1 Å². The van der Waals surface area contributed by atoms with Gasteiger partial charge in [0.2, 0.25) is 5.88 Å². The smallest absolute Gasteiger partial charge is 0.213 e. The van der Waals surface area contributed by atoms with Gasteiger partial charge in [-0.2, -0.15) is 0 Å². The van der Waals surface area contributed by atoms with Crippen molar-refractivity contribution < 1.29 is 4.74 Å². The van der Waals surface area contributed by atoms with Gasteiger partial charge in [-0.3, -0.25) is 0 Å². The Morgan fingerprint density at radius 1 is 1.55 bits per heavy atom. The molecular weight excluding hydrogens is 206 g/mol. The van der Waals surface area contributed by atoms with Crippen LogP contribution in [0, 0.1) is 6.92 Å². The van der Waals surface area contributed by atoms with E-state index in [9.17, 15) is 0 Å². The lowest BCUT2D eigenvalue weighted by molar-refractivity contribution is 0.396. The summed E-state index contributed by atoms with van der Waals surface area (Å²) in [7, 11) is 1.62.